The minimum Gasteiger partial charge on any atom is -0.481 e. The van der Waals surface area contributed by atoms with E-state index in [0.29, 0.717) is 19.0 Å². The summed E-state index contributed by atoms with van der Waals surface area (Å²) in [6.07, 6.45) is 2.86. The van der Waals surface area contributed by atoms with Gasteiger partial charge in [-0.1, -0.05) is 13.3 Å². The fraction of sp³-hybridized carbons (Fsp3) is 0.875. The van der Waals surface area contributed by atoms with Crippen LogP contribution in [0.25, 0.3) is 0 Å². The second-order valence-corrected chi connectivity index (χ2v) is 7.14. The van der Waals surface area contributed by atoms with E-state index in [1.54, 1.807) is 0 Å². The normalized spacial score (nSPS) is 23.1. The van der Waals surface area contributed by atoms with Crippen molar-refractivity contribution in [3.05, 3.63) is 0 Å². The van der Waals surface area contributed by atoms with Gasteiger partial charge in [-0.25, -0.2) is 4.79 Å². The summed E-state index contributed by atoms with van der Waals surface area (Å²) >= 11 is 0. The topological polar surface area (TPSA) is 78.9 Å². The maximum Gasteiger partial charge on any atom is 0.407 e. The van der Waals surface area contributed by atoms with Gasteiger partial charge in [0.25, 0.3) is 0 Å². The molecule has 0 radical (unpaired) electrons. The Morgan fingerprint density at radius 1 is 1.32 bits per heavy atom. The Bertz CT molecular complexity index is 379. The Morgan fingerprint density at radius 3 is 2.55 bits per heavy atom. The van der Waals surface area contributed by atoms with E-state index in [2.05, 4.69) is 17.1 Å². The Kier molecular flexibility index (Phi) is 7.13. The van der Waals surface area contributed by atoms with Crippen LogP contribution in [0.15, 0.2) is 0 Å². The van der Waals surface area contributed by atoms with Crippen LogP contribution in [0.4, 0.5) is 4.79 Å². The summed E-state index contributed by atoms with van der Waals surface area (Å²) in [5.74, 6) is -0.290. The number of piperidine rings is 1. The molecular formula is C16H30N2O4. The molecular weight excluding hydrogens is 284 g/mol. The number of likely N-dealkylation sites (tertiary alicyclic amines) is 1. The lowest BCUT2D eigenvalue weighted by Crippen LogP contribution is -2.52. The SMILES string of the molecule is CCCC1CC(NC(=O)OC(C)(C)C)CN(CCC(=O)O)C1. The highest BCUT2D eigenvalue weighted by molar-refractivity contribution is 5.68. The average molecular weight is 314 g/mol. The zero-order valence-corrected chi connectivity index (χ0v) is 14.2. The first-order chi connectivity index (χ1) is 10.2. The molecule has 128 valence electrons. The van der Waals surface area contributed by atoms with E-state index in [9.17, 15) is 9.59 Å². The third-order valence-corrected chi connectivity index (χ3v) is 3.67. The minimum atomic E-state index is -0.783. The van der Waals surface area contributed by atoms with E-state index < -0.39 is 17.7 Å². The molecule has 22 heavy (non-hydrogen) atoms. The quantitative estimate of drug-likeness (QED) is 0.787. The molecule has 0 bridgehead atoms. The second kappa shape index (κ2) is 8.36. The van der Waals surface area contributed by atoms with Gasteiger partial charge < -0.3 is 20.1 Å². The number of carboxylic acid groups (broad SMARTS) is 1. The number of ether oxygens (including phenoxy) is 1. The monoisotopic (exact) mass is 314 g/mol. The lowest BCUT2D eigenvalue weighted by atomic mass is 9.90. The first kappa shape index (κ1) is 18.7. The van der Waals surface area contributed by atoms with Crippen molar-refractivity contribution in [2.24, 2.45) is 5.92 Å². The first-order valence-corrected chi connectivity index (χ1v) is 8.13. The van der Waals surface area contributed by atoms with Gasteiger partial charge in [-0.05, 0) is 39.5 Å². The molecule has 0 aliphatic carbocycles. The van der Waals surface area contributed by atoms with Gasteiger partial charge >= 0.3 is 12.1 Å². The van der Waals surface area contributed by atoms with Crippen LogP contribution in [0.1, 0.15) is 53.4 Å². The molecule has 1 rings (SSSR count). The summed E-state index contributed by atoms with van der Waals surface area (Å²) in [5, 5.41) is 11.8. The predicted molar refractivity (Wildman–Crippen MR) is 84.9 cm³/mol. The molecule has 6 heteroatoms. The number of hydrogen-bond donors (Lipinski definition) is 2. The lowest BCUT2D eigenvalue weighted by molar-refractivity contribution is -0.137. The summed E-state index contributed by atoms with van der Waals surface area (Å²) in [6.45, 7) is 9.79. The fourth-order valence-electron chi connectivity index (χ4n) is 2.94. The maximum atomic E-state index is 11.9. The summed E-state index contributed by atoms with van der Waals surface area (Å²) in [6, 6.07) is 0.0222. The third kappa shape index (κ3) is 7.64. The largest absolute Gasteiger partial charge is 0.481 e. The molecule has 2 atom stereocenters. The number of hydrogen-bond acceptors (Lipinski definition) is 4. The van der Waals surface area contributed by atoms with E-state index in [0.717, 1.165) is 25.8 Å². The number of amides is 1. The average Bonchev–Trinajstić information content (AvgIpc) is 2.34. The van der Waals surface area contributed by atoms with Crippen LogP contribution < -0.4 is 5.32 Å². The van der Waals surface area contributed by atoms with Gasteiger partial charge in [-0.15, -0.1) is 0 Å². The molecule has 1 heterocycles. The van der Waals surface area contributed by atoms with Crippen LogP contribution in [0.3, 0.4) is 0 Å². The van der Waals surface area contributed by atoms with Crippen LogP contribution in [0, 0.1) is 5.92 Å². The molecule has 1 fully saturated rings. The van der Waals surface area contributed by atoms with Gasteiger partial charge in [0.15, 0.2) is 0 Å². The van der Waals surface area contributed by atoms with Gasteiger partial charge in [0.05, 0.1) is 6.42 Å². The van der Waals surface area contributed by atoms with Crippen LogP contribution in [-0.4, -0.2) is 53.3 Å². The Hall–Kier alpha value is -1.30. The number of carbonyl (C=O) groups is 2. The molecule has 1 saturated heterocycles. The number of carboxylic acids is 1. The molecule has 0 spiro atoms. The minimum absolute atomic E-state index is 0.0222. The number of carbonyl (C=O) groups excluding carboxylic acids is 1. The fourth-order valence-corrected chi connectivity index (χ4v) is 2.94. The maximum absolute atomic E-state index is 11.9. The van der Waals surface area contributed by atoms with E-state index in [1.807, 2.05) is 20.8 Å². The zero-order chi connectivity index (χ0) is 16.8. The molecule has 2 unspecified atom stereocenters. The van der Waals surface area contributed by atoms with Crippen molar-refractivity contribution >= 4 is 12.1 Å². The first-order valence-electron chi connectivity index (χ1n) is 8.13. The van der Waals surface area contributed by atoms with Crippen LogP contribution in [0.2, 0.25) is 0 Å². The van der Waals surface area contributed by atoms with Gasteiger partial charge in [0, 0.05) is 25.7 Å². The van der Waals surface area contributed by atoms with Gasteiger partial charge in [-0.3, -0.25) is 4.79 Å². The molecule has 1 aliphatic heterocycles. The summed E-state index contributed by atoms with van der Waals surface area (Å²) in [7, 11) is 0. The van der Waals surface area contributed by atoms with Crippen molar-refractivity contribution in [2.75, 3.05) is 19.6 Å². The number of aliphatic carboxylic acids is 1. The molecule has 0 aromatic heterocycles. The lowest BCUT2D eigenvalue weighted by Gasteiger charge is -2.38. The molecule has 0 saturated carbocycles. The van der Waals surface area contributed by atoms with Crippen LogP contribution >= 0.6 is 0 Å². The highest BCUT2D eigenvalue weighted by Crippen LogP contribution is 2.22. The van der Waals surface area contributed by atoms with Crippen LogP contribution in [0.5, 0.6) is 0 Å². The molecule has 1 aliphatic rings. The van der Waals surface area contributed by atoms with Gasteiger partial charge in [0.2, 0.25) is 0 Å². The third-order valence-electron chi connectivity index (χ3n) is 3.67. The highest BCUT2D eigenvalue weighted by Gasteiger charge is 2.29. The second-order valence-electron chi connectivity index (χ2n) is 7.14. The molecule has 2 N–H and O–H groups in total. The Morgan fingerprint density at radius 2 is 2.00 bits per heavy atom. The molecule has 1 amide bonds. The van der Waals surface area contributed by atoms with Crippen molar-refractivity contribution in [3.8, 4) is 0 Å². The smallest absolute Gasteiger partial charge is 0.407 e. The van der Waals surface area contributed by atoms with Crippen molar-refractivity contribution in [3.63, 3.8) is 0 Å². The number of nitrogens with one attached hydrogen (secondary N) is 1. The summed E-state index contributed by atoms with van der Waals surface area (Å²) < 4.78 is 5.31. The van der Waals surface area contributed by atoms with Crippen molar-refractivity contribution in [2.45, 2.75) is 65.0 Å². The van der Waals surface area contributed by atoms with Crippen LogP contribution in [-0.2, 0) is 9.53 Å². The van der Waals surface area contributed by atoms with Crippen molar-refractivity contribution in [1.82, 2.24) is 10.2 Å². The van der Waals surface area contributed by atoms with E-state index >= 15 is 0 Å². The predicted octanol–water partition coefficient (Wildman–Crippen LogP) is 2.48. The highest BCUT2D eigenvalue weighted by atomic mass is 16.6. The number of rotatable bonds is 6. The van der Waals surface area contributed by atoms with Crippen molar-refractivity contribution in [1.29, 1.82) is 0 Å². The molecule has 0 aromatic carbocycles. The van der Waals surface area contributed by atoms with Gasteiger partial charge in [-0.2, -0.15) is 0 Å². The zero-order valence-electron chi connectivity index (χ0n) is 14.2. The van der Waals surface area contributed by atoms with E-state index in [4.69, 9.17) is 9.84 Å². The Labute approximate surface area is 133 Å². The number of nitrogens with zero attached hydrogens (tertiary/aromatic N) is 1. The summed E-state index contributed by atoms with van der Waals surface area (Å²) in [4.78, 5) is 24.8. The standard InChI is InChI=1S/C16H30N2O4/c1-5-6-12-9-13(17-15(21)22-16(2,3)4)11-18(10-12)8-7-14(19)20/h12-13H,5-11H2,1-4H3,(H,17,21)(H,19,20). The van der Waals surface area contributed by atoms with Crippen molar-refractivity contribution < 1.29 is 19.4 Å². The van der Waals surface area contributed by atoms with E-state index in [-0.39, 0.29) is 12.5 Å². The van der Waals surface area contributed by atoms with E-state index in [1.165, 1.54) is 0 Å². The molecule has 0 aromatic rings. The number of alkyl carbamates (subject to hydrolysis) is 1. The summed E-state index contributed by atoms with van der Waals surface area (Å²) in [5.41, 5.74) is -0.509. The Balaban J connectivity index is 2.56. The molecule has 6 nitrogen and oxygen atoms in total. The van der Waals surface area contributed by atoms with Gasteiger partial charge in [0.1, 0.15) is 5.60 Å².